The van der Waals surface area contributed by atoms with Gasteiger partial charge in [0.15, 0.2) is 0 Å². The number of hydrogen-bond donors (Lipinski definition) is 3. The molecule has 3 amide bonds. The minimum Gasteiger partial charge on any atom is -0.381 e. The third kappa shape index (κ3) is 5.18. The maximum Gasteiger partial charge on any atom is 0.270 e. The topological polar surface area (TPSA) is 127 Å². The molecule has 2 fully saturated rings. The first-order chi connectivity index (χ1) is 18.3. The quantitative estimate of drug-likeness (QED) is 0.511. The van der Waals surface area contributed by atoms with Gasteiger partial charge < -0.3 is 20.7 Å². The number of carbonyl (C=O) groups excluding carboxylic acids is 3. The molecular weight excluding hydrogens is 484 g/mol. The van der Waals surface area contributed by atoms with Crippen molar-refractivity contribution in [3.63, 3.8) is 0 Å². The number of nitrogens with one attached hydrogen (secondary N) is 3. The van der Waals surface area contributed by atoms with Crippen molar-refractivity contribution in [2.45, 2.75) is 77.3 Å². The second kappa shape index (κ2) is 10.8. The number of nitrogens with zero attached hydrogens (tertiary/aromatic N) is 3. The van der Waals surface area contributed by atoms with Crippen LogP contribution in [0.5, 0.6) is 0 Å². The first-order valence-electron chi connectivity index (χ1n) is 13.8. The molecule has 0 bridgehead atoms. The number of pyridine rings is 1. The summed E-state index contributed by atoms with van der Waals surface area (Å²) < 4.78 is 7.16. The van der Waals surface area contributed by atoms with E-state index in [1.807, 2.05) is 0 Å². The van der Waals surface area contributed by atoms with Crippen molar-refractivity contribution in [3.8, 4) is 0 Å². The van der Waals surface area contributed by atoms with Crippen LogP contribution >= 0.6 is 0 Å². The van der Waals surface area contributed by atoms with Gasteiger partial charge in [-0.1, -0.05) is 33.6 Å². The smallest absolute Gasteiger partial charge is 0.270 e. The molecule has 1 aliphatic carbocycles. The van der Waals surface area contributed by atoms with Gasteiger partial charge in [-0.05, 0) is 49.5 Å². The predicted molar refractivity (Wildman–Crippen MR) is 143 cm³/mol. The van der Waals surface area contributed by atoms with Crippen molar-refractivity contribution >= 4 is 29.2 Å². The fraction of sp³-hybridized carbons (Fsp3) is 0.607. The molecule has 3 N–H and O–H groups in total. The summed E-state index contributed by atoms with van der Waals surface area (Å²) in [7, 11) is 0. The van der Waals surface area contributed by atoms with Gasteiger partial charge in [0.25, 0.3) is 5.91 Å². The monoisotopic (exact) mass is 522 g/mol. The van der Waals surface area contributed by atoms with Crippen LogP contribution < -0.4 is 16.0 Å². The molecule has 0 radical (unpaired) electrons. The molecule has 2 aromatic rings. The van der Waals surface area contributed by atoms with Crippen LogP contribution in [0.4, 0.5) is 11.5 Å². The van der Waals surface area contributed by atoms with E-state index in [0.717, 1.165) is 31.2 Å². The van der Waals surface area contributed by atoms with Crippen molar-refractivity contribution in [1.82, 2.24) is 20.1 Å². The number of ether oxygens (including phenoxy) is 1. The fourth-order valence-corrected chi connectivity index (χ4v) is 6.04. The fourth-order valence-electron chi connectivity index (χ4n) is 6.04. The molecule has 10 nitrogen and oxygen atoms in total. The number of fused-ring (bicyclic) bond motifs is 2. The van der Waals surface area contributed by atoms with Crippen molar-refractivity contribution in [1.29, 1.82) is 0 Å². The first-order valence-corrected chi connectivity index (χ1v) is 13.8. The van der Waals surface area contributed by atoms with E-state index in [9.17, 15) is 14.4 Å². The maximum atomic E-state index is 13.6. The van der Waals surface area contributed by atoms with Crippen LogP contribution in [0.25, 0.3) is 0 Å². The van der Waals surface area contributed by atoms with Gasteiger partial charge in [-0.15, -0.1) is 0 Å². The van der Waals surface area contributed by atoms with Crippen molar-refractivity contribution in [2.24, 2.45) is 17.8 Å². The number of hydrogen-bond acceptors (Lipinski definition) is 6. The maximum absolute atomic E-state index is 13.6. The largest absolute Gasteiger partial charge is 0.381 e. The summed E-state index contributed by atoms with van der Waals surface area (Å²) in [5.41, 5.74) is 1.36. The highest BCUT2D eigenvalue weighted by atomic mass is 16.5. The molecule has 4 heterocycles. The van der Waals surface area contributed by atoms with E-state index >= 15 is 0 Å². The highest BCUT2D eigenvalue weighted by molar-refractivity contribution is 6.07. The summed E-state index contributed by atoms with van der Waals surface area (Å²) in [5, 5.41) is 13.2. The Balaban J connectivity index is 1.35. The van der Waals surface area contributed by atoms with Gasteiger partial charge in [0.05, 0.1) is 11.1 Å². The van der Waals surface area contributed by atoms with Crippen LogP contribution in [0.1, 0.15) is 75.3 Å². The van der Waals surface area contributed by atoms with Crippen LogP contribution in [-0.4, -0.2) is 51.7 Å². The van der Waals surface area contributed by atoms with Crippen molar-refractivity contribution in [3.05, 3.63) is 35.8 Å². The average Bonchev–Trinajstić information content (AvgIpc) is 3.45. The van der Waals surface area contributed by atoms with E-state index in [2.05, 4.69) is 46.8 Å². The minimum atomic E-state index is -0.705. The van der Waals surface area contributed by atoms with Crippen molar-refractivity contribution in [2.75, 3.05) is 23.8 Å². The third-order valence-corrected chi connectivity index (χ3v) is 8.29. The van der Waals surface area contributed by atoms with Gasteiger partial charge in [-0.3, -0.25) is 19.1 Å². The van der Waals surface area contributed by atoms with E-state index < -0.39 is 11.5 Å². The molecule has 0 aromatic carbocycles. The molecular formula is C28H38N6O4. The Kier molecular flexibility index (Phi) is 7.52. The Hall–Kier alpha value is -3.27. The molecule has 2 aromatic heterocycles. The SMILES string of the molecule is CC(C)Cn1nccc1C(=O)N[C@H](C(=O)Nc1cc2c(cn1)C1(CCOCC1)C(=O)N2)C1CCC(C)CC1. The third-order valence-electron chi connectivity index (χ3n) is 8.29. The highest BCUT2D eigenvalue weighted by Gasteiger charge is 2.48. The van der Waals surface area contributed by atoms with Gasteiger partial charge in [0.1, 0.15) is 17.6 Å². The summed E-state index contributed by atoms with van der Waals surface area (Å²) in [6, 6.07) is 2.70. The number of carbonyl (C=O) groups is 3. The zero-order valence-electron chi connectivity index (χ0n) is 22.5. The Morgan fingerprint density at radius 2 is 1.95 bits per heavy atom. The standard InChI is InChI=1S/C28H38N6O4/c1-17(2)16-34-22(8-11-30-34)25(35)33-24(19-6-4-18(3)5-7-19)26(36)32-23-14-21-20(15-29-23)28(27(37)31-21)9-12-38-13-10-28/h8,11,14-15,17-19,24H,4-7,9-10,12-13,16H2,1-3H3,(H,31,37)(H,33,35)(H,29,32,36)/t18?,19?,24-/m0/s1. The highest BCUT2D eigenvalue weighted by Crippen LogP contribution is 2.44. The van der Waals surface area contributed by atoms with E-state index in [4.69, 9.17) is 4.74 Å². The number of amides is 3. The molecule has 0 unspecified atom stereocenters. The Bertz CT molecular complexity index is 1190. The molecule has 2 aliphatic heterocycles. The molecule has 3 aliphatic rings. The molecule has 1 atom stereocenters. The average molecular weight is 523 g/mol. The van der Waals surface area contributed by atoms with Gasteiger partial charge in [-0.25, -0.2) is 4.98 Å². The van der Waals surface area contributed by atoms with Gasteiger partial charge in [-0.2, -0.15) is 5.10 Å². The second-order valence-electron chi connectivity index (χ2n) is 11.5. The Morgan fingerprint density at radius 1 is 1.21 bits per heavy atom. The van der Waals surface area contributed by atoms with Crippen molar-refractivity contribution < 1.29 is 19.1 Å². The molecule has 1 saturated carbocycles. The zero-order chi connectivity index (χ0) is 26.9. The molecule has 38 heavy (non-hydrogen) atoms. The Morgan fingerprint density at radius 3 is 2.66 bits per heavy atom. The first kappa shape index (κ1) is 26.3. The molecule has 204 valence electrons. The molecule has 1 saturated heterocycles. The lowest BCUT2D eigenvalue weighted by Crippen LogP contribution is -2.49. The Labute approximate surface area is 223 Å². The van der Waals surface area contributed by atoms with Gasteiger partial charge >= 0.3 is 0 Å². The van der Waals surface area contributed by atoms with E-state index in [-0.39, 0.29) is 23.6 Å². The minimum absolute atomic E-state index is 0.0243. The lowest BCUT2D eigenvalue weighted by Gasteiger charge is -2.32. The summed E-state index contributed by atoms with van der Waals surface area (Å²) in [6.07, 6.45) is 8.29. The van der Waals surface area contributed by atoms with Gasteiger partial charge in [0, 0.05) is 43.8 Å². The molecule has 10 heteroatoms. The summed E-state index contributed by atoms with van der Waals surface area (Å²) >= 11 is 0. The van der Waals surface area contributed by atoms with Crippen LogP contribution in [-0.2, 0) is 26.3 Å². The van der Waals surface area contributed by atoms with Crippen LogP contribution in [0.2, 0.25) is 0 Å². The summed E-state index contributed by atoms with van der Waals surface area (Å²) in [4.78, 5) is 44.3. The van der Waals surface area contributed by atoms with Crippen LogP contribution in [0.3, 0.4) is 0 Å². The molecule has 5 rings (SSSR count). The van der Waals surface area contributed by atoms with Crippen LogP contribution in [0, 0.1) is 17.8 Å². The second-order valence-corrected chi connectivity index (χ2v) is 11.5. The lowest BCUT2D eigenvalue weighted by molar-refractivity contribution is -0.124. The number of rotatable bonds is 7. The van der Waals surface area contributed by atoms with E-state index in [1.54, 1.807) is 29.2 Å². The van der Waals surface area contributed by atoms with Gasteiger partial charge in [0.2, 0.25) is 11.8 Å². The van der Waals surface area contributed by atoms with Crippen LogP contribution in [0.15, 0.2) is 24.5 Å². The number of anilines is 2. The lowest BCUT2D eigenvalue weighted by atomic mass is 9.76. The summed E-state index contributed by atoms with van der Waals surface area (Å²) in [6.45, 7) is 8.04. The molecule has 1 spiro atoms. The van der Waals surface area contributed by atoms with E-state index in [0.29, 0.717) is 61.6 Å². The number of aromatic nitrogens is 3. The normalized spacial score (nSPS) is 23.1. The predicted octanol–water partition coefficient (Wildman–Crippen LogP) is 3.50. The van der Waals surface area contributed by atoms with E-state index in [1.165, 1.54) is 0 Å². The zero-order valence-corrected chi connectivity index (χ0v) is 22.5. The summed E-state index contributed by atoms with van der Waals surface area (Å²) in [5.74, 6) is 0.663.